The fourth-order valence-corrected chi connectivity index (χ4v) is 1.44. The predicted molar refractivity (Wildman–Crippen MR) is 53.3 cm³/mol. The van der Waals surface area contributed by atoms with E-state index in [1.165, 1.54) is 0 Å². The van der Waals surface area contributed by atoms with Gasteiger partial charge in [-0.1, -0.05) is 0 Å². The van der Waals surface area contributed by atoms with Crippen LogP contribution >= 0.6 is 0 Å². The molecule has 0 spiro atoms. The molecule has 14 heavy (non-hydrogen) atoms. The second kappa shape index (κ2) is 4.37. The zero-order valence-electron chi connectivity index (χ0n) is 8.36. The second-order valence-electron chi connectivity index (χ2n) is 3.50. The van der Waals surface area contributed by atoms with Crippen LogP contribution in [0.2, 0.25) is 0 Å². The molecule has 0 radical (unpaired) electrons. The van der Waals surface area contributed by atoms with Gasteiger partial charge in [0.2, 0.25) is 0 Å². The Balaban J connectivity index is 1.91. The van der Waals surface area contributed by atoms with E-state index in [2.05, 4.69) is 15.3 Å². The zero-order valence-corrected chi connectivity index (χ0v) is 8.36. The van der Waals surface area contributed by atoms with Crippen molar-refractivity contribution < 1.29 is 4.74 Å². The highest BCUT2D eigenvalue weighted by Crippen LogP contribution is 2.11. The number of ether oxygens (including phenoxy) is 1. The summed E-state index contributed by atoms with van der Waals surface area (Å²) in [6, 6.07) is 0. The zero-order chi connectivity index (χ0) is 9.80. The minimum absolute atomic E-state index is 0.662. The van der Waals surface area contributed by atoms with Gasteiger partial charge in [0.05, 0.1) is 19.0 Å². The van der Waals surface area contributed by atoms with Crippen molar-refractivity contribution in [3.8, 4) is 5.75 Å². The first-order chi connectivity index (χ1) is 6.88. The van der Waals surface area contributed by atoms with E-state index in [9.17, 15) is 0 Å². The summed E-state index contributed by atoms with van der Waals surface area (Å²) in [6.45, 7) is 4.80. The van der Waals surface area contributed by atoms with E-state index in [1.54, 1.807) is 12.4 Å². The molecule has 0 aromatic carbocycles. The van der Waals surface area contributed by atoms with E-state index in [0.29, 0.717) is 12.5 Å². The third-order valence-corrected chi connectivity index (χ3v) is 2.33. The average Bonchev–Trinajstić information content (AvgIpc) is 2.14. The predicted octanol–water partition coefficient (Wildman–Crippen LogP) is 0.637. The maximum atomic E-state index is 5.27. The van der Waals surface area contributed by atoms with Crippen LogP contribution in [0.5, 0.6) is 5.75 Å². The summed E-state index contributed by atoms with van der Waals surface area (Å²) in [5.41, 5.74) is 0. The van der Waals surface area contributed by atoms with Gasteiger partial charge in [-0.15, -0.1) is 0 Å². The molecule has 1 aliphatic rings. The Bertz CT molecular complexity index is 282. The molecule has 0 bridgehead atoms. The number of nitrogens with one attached hydrogen (secondary N) is 1. The van der Waals surface area contributed by atoms with Gasteiger partial charge in [-0.05, 0) is 25.9 Å². The second-order valence-corrected chi connectivity index (χ2v) is 3.50. The topological polar surface area (TPSA) is 47.0 Å². The molecule has 76 valence electrons. The lowest BCUT2D eigenvalue weighted by Crippen LogP contribution is -2.43. The van der Waals surface area contributed by atoms with Crippen LogP contribution in [-0.4, -0.2) is 29.7 Å². The first-order valence-electron chi connectivity index (χ1n) is 5.03. The van der Waals surface area contributed by atoms with Crippen molar-refractivity contribution in [2.75, 3.05) is 19.7 Å². The standard InChI is InChI=1S/C10H15N3O/c1-2-14-9-6-12-10(13-7-9)3-8-4-11-5-8/h6-8,11H,2-5H2,1H3. The third kappa shape index (κ3) is 2.20. The van der Waals surface area contributed by atoms with Crippen molar-refractivity contribution in [2.24, 2.45) is 5.92 Å². The van der Waals surface area contributed by atoms with Crippen LogP contribution in [0.1, 0.15) is 12.7 Å². The fourth-order valence-electron chi connectivity index (χ4n) is 1.44. The molecule has 4 nitrogen and oxygen atoms in total. The van der Waals surface area contributed by atoms with Crippen LogP contribution in [-0.2, 0) is 6.42 Å². The highest BCUT2D eigenvalue weighted by Gasteiger charge is 2.17. The van der Waals surface area contributed by atoms with Crippen molar-refractivity contribution in [1.29, 1.82) is 0 Å². The van der Waals surface area contributed by atoms with Gasteiger partial charge in [0.1, 0.15) is 5.82 Å². The van der Waals surface area contributed by atoms with Gasteiger partial charge in [-0.2, -0.15) is 0 Å². The lowest BCUT2D eigenvalue weighted by Gasteiger charge is -2.26. The molecule has 1 saturated heterocycles. The molecule has 2 heterocycles. The SMILES string of the molecule is CCOc1cnc(CC2CNC2)nc1. The molecule has 1 aromatic heterocycles. The largest absolute Gasteiger partial charge is 0.491 e. The summed E-state index contributed by atoms with van der Waals surface area (Å²) in [7, 11) is 0. The highest BCUT2D eigenvalue weighted by atomic mass is 16.5. The van der Waals surface area contributed by atoms with Gasteiger partial charge in [0.15, 0.2) is 5.75 Å². The average molecular weight is 193 g/mol. The number of hydrogen-bond donors (Lipinski definition) is 1. The Morgan fingerprint density at radius 2 is 2.14 bits per heavy atom. The summed E-state index contributed by atoms with van der Waals surface area (Å²) >= 11 is 0. The van der Waals surface area contributed by atoms with Crippen molar-refractivity contribution in [1.82, 2.24) is 15.3 Å². The number of nitrogens with zero attached hydrogens (tertiary/aromatic N) is 2. The van der Waals surface area contributed by atoms with Gasteiger partial charge in [0, 0.05) is 6.42 Å². The quantitative estimate of drug-likeness (QED) is 0.762. The normalized spacial score (nSPS) is 16.4. The monoisotopic (exact) mass is 193 g/mol. The summed E-state index contributed by atoms with van der Waals surface area (Å²) in [5.74, 6) is 2.39. The van der Waals surface area contributed by atoms with E-state index >= 15 is 0 Å². The summed E-state index contributed by atoms with van der Waals surface area (Å²) in [6.07, 6.45) is 4.47. The van der Waals surface area contributed by atoms with Crippen LogP contribution in [0.25, 0.3) is 0 Å². The summed E-state index contributed by atoms with van der Waals surface area (Å²) in [5, 5.41) is 3.23. The van der Waals surface area contributed by atoms with Crippen LogP contribution < -0.4 is 10.1 Å². The lowest BCUT2D eigenvalue weighted by atomic mass is 9.99. The van der Waals surface area contributed by atoms with E-state index in [0.717, 1.165) is 31.1 Å². The Hall–Kier alpha value is -1.16. The Morgan fingerprint density at radius 3 is 2.64 bits per heavy atom. The molecule has 1 aromatic rings. The molecule has 0 atom stereocenters. The fraction of sp³-hybridized carbons (Fsp3) is 0.600. The van der Waals surface area contributed by atoms with Gasteiger partial charge < -0.3 is 10.1 Å². The number of hydrogen-bond acceptors (Lipinski definition) is 4. The minimum atomic E-state index is 0.662. The Morgan fingerprint density at radius 1 is 1.43 bits per heavy atom. The summed E-state index contributed by atoms with van der Waals surface area (Å²) in [4.78, 5) is 8.51. The maximum Gasteiger partial charge on any atom is 0.155 e. The van der Waals surface area contributed by atoms with Crippen molar-refractivity contribution >= 4 is 0 Å². The molecular formula is C10H15N3O. The van der Waals surface area contributed by atoms with Gasteiger partial charge in [-0.3, -0.25) is 0 Å². The molecular weight excluding hydrogens is 178 g/mol. The molecule has 0 saturated carbocycles. The summed E-state index contributed by atoms with van der Waals surface area (Å²) < 4.78 is 5.27. The van der Waals surface area contributed by atoms with Crippen molar-refractivity contribution in [3.05, 3.63) is 18.2 Å². The number of aromatic nitrogens is 2. The van der Waals surface area contributed by atoms with Gasteiger partial charge >= 0.3 is 0 Å². The third-order valence-electron chi connectivity index (χ3n) is 2.33. The molecule has 4 heteroatoms. The van der Waals surface area contributed by atoms with Crippen molar-refractivity contribution in [3.63, 3.8) is 0 Å². The van der Waals surface area contributed by atoms with Crippen LogP contribution in [0.3, 0.4) is 0 Å². The first-order valence-corrected chi connectivity index (χ1v) is 5.03. The molecule has 1 aliphatic heterocycles. The van der Waals surface area contributed by atoms with Crippen LogP contribution in [0.4, 0.5) is 0 Å². The van der Waals surface area contributed by atoms with Crippen molar-refractivity contribution in [2.45, 2.75) is 13.3 Å². The smallest absolute Gasteiger partial charge is 0.155 e. The number of rotatable bonds is 4. The van der Waals surface area contributed by atoms with E-state index < -0.39 is 0 Å². The highest BCUT2D eigenvalue weighted by molar-refractivity contribution is 5.12. The molecule has 0 aliphatic carbocycles. The Labute approximate surface area is 83.7 Å². The molecule has 1 fully saturated rings. The molecule has 1 N–H and O–H groups in total. The van der Waals surface area contributed by atoms with E-state index in [-0.39, 0.29) is 0 Å². The lowest BCUT2D eigenvalue weighted by molar-refractivity contribution is 0.330. The first kappa shape index (κ1) is 9.40. The minimum Gasteiger partial charge on any atom is -0.491 e. The molecule has 0 amide bonds. The molecule has 2 rings (SSSR count). The van der Waals surface area contributed by atoms with Crippen LogP contribution in [0, 0.1) is 5.92 Å². The van der Waals surface area contributed by atoms with E-state index in [1.807, 2.05) is 6.92 Å². The molecule has 0 unspecified atom stereocenters. The van der Waals surface area contributed by atoms with Gasteiger partial charge in [-0.25, -0.2) is 9.97 Å². The maximum absolute atomic E-state index is 5.27. The van der Waals surface area contributed by atoms with E-state index in [4.69, 9.17) is 4.74 Å². The van der Waals surface area contributed by atoms with Crippen LogP contribution in [0.15, 0.2) is 12.4 Å². The van der Waals surface area contributed by atoms with Gasteiger partial charge in [0.25, 0.3) is 0 Å². The Kier molecular flexibility index (Phi) is 2.93.